The van der Waals surface area contributed by atoms with Gasteiger partial charge < -0.3 is 14.2 Å². The maximum Gasteiger partial charge on any atom is 0.460 e. The van der Waals surface area contributed by atoms with Crippen LogP contribution in [0.1, 0.15) is 26.3 Å². The van der Waals surface area contributed by atoms with Gasteiger partial charge in [-0.25, -0.2) is 22.8 Å². The Kier molecular flexibility index (Phi) is 12.7. The van der Waals surface area contributed by atoms with Crippen LogP contribution in [-0.4, -0.2) is 86.6 Å². The van der Waals surface area contributed by atoms with Crippen LogP contribution in [0.5, 0.6) is 0 Å². The number of aryl methyl sites for hydroxylation is 1. The van der Waals surface area contributed by atoms with Crippen molar-refractivity contribution in [3.63, 3.8) is 0 Å². The molecule has 1 rings (SSSR count). The first-order valence-corrected chi connectivity index (χ1v) is 13.8. The average Bonchev–Trinajstić information content (AvgIpc) is 2.90. The van der Waals surface area contributed by atoms with Crippen molar-refractivity contribution in [2.24, 2.45) is 0 Å². The Balaban J connectivity index is 2.86. The lowest BCUT2D eigenvalue weighted by Crippen LogP contribution is -2.65. The van der Waals surface area contributed by atoms with Crippen molar-refractivity contribution in [1.29, 1.82) is 0 Å². The largest absolute Gasteiger partial charge is 0.460 e. The molecule has 256 valence electrons. The van der Waals surface area contributed by atoms with Crippen LogP contribution in [0.4, 0.5) is 60.5 Å². The van der Waals surface area contributed by atoms with E-state index in [2.05, 4.69) is 21.9 Å². The molecule has 0 aliphatic heterocycles. The van der Waals surface area contributed by atoms with Crippen molar-refractivity contribution < 1.29 is 76.5 Å². The highest BCUT2D eigenvalue weighted by Gasteiger charge is 2.85. The number of sulfonamides is 1. The van der Waals surface area contributed by atoms with Crippen LogP contribution in [0.25, 0.3) is 0 Å². The molecule has 2 N–H and O–H groups in total. The van der Waals surface area contributed by atoms with Gasteiger partial charge in [0.1, 0.15) is 19.3 Å². The highest BCUT2D eigenvalue weighted by Crippen LogP contribution is 2.55. The Bertz CT molecular complexity index is 1370. The smallest absolute Gasteiger partial charge is 0.458 e. The second-order valence-corrected chi connectivity index (χ2v) is 11.1. The minimum Gasteiger partial charge on any atom is -0.458 e. The second-order valence-electron chi connectivity index (χ2n) is 9.17. The summed E-state index contributed by atoms with van der Waals surface area (Å²) in [4.78, 5) is 35.7. The van der Waals surface area contributed by atoms with E-state index in [0.29, 0.717) is 5.56 Å². The van der Waals surface area contributed by atoms with Crippen molar-refractivity contribution in [1.82, 2.24) is 4.31 Å². The van der Waals surface area contributed by atoms with Gasteiger partial charge in [-0.05, 0) is 38.5 Å². The summed E-state index contributed by atoms with van der Waals surface area (Å²) < 4.78 is 157. The van der Waals surface area contributed by atoms with Gasteiger partial charge >= 0.3 is 41.4 Å². The van der Waals surface area contributed by atoms with E-state index >= 15 is 0 Å². The van der Waals surface area contributed by atoms with Gasteiger partial charge in [-0.1, -0.05) is 19.6 Å². The molecule has 0 bridgehead atoms. The third-order valence-electron chi connectivity index (χ3n) is 5.53. The lowest BCUT2D eigenvalue weighted by atomic mass is 10.1. The zero-order chi connectivity index (χ0) is 35.2. The van der Waals surface area contributed by atoms with Gasteiger partial charge in [0.25, 0.3) is 10.0 Å². The zero-order valence-electron chi connectivity index (χ0n) is 23.9. The van der Waals surface area contributed by atoms with Crippen LogP contribution < -0.4 is 10.6 Å². The van der Waals surface area contributed by atoms with Crippen LogP contribution in [0.15, 0.2) is 30.4 Å². The molecule has 1 atom stereocenters. The molecule has 0 aliphatic carbocycles. The van der Waals surface area contributed by atoms with Gasteiger partial charge in [-0.2, -0.15) is 43.8 Å². The fourth-order valence-electron chi connectivity index (χ4n) is 3.03. The number of hydrogen-bond acceptors (Lipinski definition) is 8. The number of rotatable bonds is 14. The van der Waals surface area contributed by atoms with E-state index in [1.807, 2.05) is 0 Å². The first-order valence-electron chi connectivity index (χ1n) is 12.4. The number of ether oxygens (including phenoxy) is 3. The molecular formula is C24H28F9N3O8S. The van der Waals surface area contributed by atoms with E-state index < -0.39 is 81.6 Å². The number of amides is 2. The molecule has 0 fully saturated rings. The van der Waals surface area contributed by atoms with E-state index in [1.165, 1.54) is 32.0 Å². The first-order chi connectivity index (χ1) is 20.3. The maximum atomic E-state index is 14.1. The number of nitrogens with zero attached hydrogens (tertiary/aromatic N) is 1. The number of anilines is 2. The van der Waals surface area contributed by atoms with E-state index in [0.717, 1.165) is 6.92 Å². The number of esters is 1. The standard InChI is InChI=1S/C24H28F9N3O8S/c1-6-36(45(40,41)24(32,33)22(27,28)21(25,26)23(29,30)31)9-10-42-19(38)34-16-8-7-14(4)17(11-16)35-20(39)44-15(5)12-43-18(37)13(2)3/h7-8,11,15H,2,6,9-10,12H2,1,3-5H3,(H,34,38)(H,35,39). The summed E-state index contributed by atoms with van der Waals surface area (Å²) in [5, 5.41) is -2.47. The molecule has 0 saturated carbocycles. The van der Waals surface area contributed by atoms with Gasteiger partial charge in [0.2, 0.25) is 0 Å². The third-order valence-corrected chi connectivity index (χ3v) is 7.56. The zero-order valence-corrected chi connectivity index (χ0v) is 24.7. The number of carbonyl (C=O) groups is 3. The first kappa shape index (κ1) is 39.3. The second kappa shape index (κ2) is 14.6. The van der Waals surface area contributed by atoms with Crippen LogP contribution in [0.3, 0.4) is 0 Å². The summed E-state index contributed by atoms with van der Waals surface area (Å²) in [5.74, 6) is -15.5. The summed E-state index contributed by atoms with van der Waals surface area (Å²) in [6.07, 6.45) is -10.5. The highest BCUT2D eigenvalue weighted by atomic mass is 32.2. The molecule has 0 saturated heterocycles. The van der Waals surface area contributed by atoms with Crippen LogP contribution in [0, 0.1) is 6.92 Å². The lowest BCUT2D eigenvalue weighted by molar-refractivity contribution is -0.382. The molecule has 0 aliphatic rings. The Morgan fingerprint density at radius 2 is 1.53 bits per heavy atom. The molecule has 1 aromatic rings. The third kappa shape index (κ3) is 9.14. The number of nitrogens with one attached hydrogen (secondary N) is 2. The Labute approximate surface area is 250 Å². The number of carbonyl (C=O) groups excluding carboxylic acids is 3. The molecule has 2 amide bonds. The quantitative estimate of drug-likeness (QED) is 0.110. The van der Waals surface area contributed by atoms with Gasteiger partial charge in [-0.15, -0.1) is 0 Å². The Hall–Kier alpha value is -3.75. The predicted octanol–water partition coefficient (Wildman–Crippen LogP) is 5.68. The Morgan fingerprint density at radius 3 is 2.04 bits per heavy atom. The van der Waals surface area contributed by atoms with Crippen molar-refractivity contribution in [3.05, 3.63) is 35.9 Å². The van der Waals surface area contributed by atoms with Gasteiger partial charge in [0, 0.05) is 30.0 Å². The molecule has 1 aromatic carbocycles. The summed E-state index contributed by atoms with van der Waals surface area (Å²) >= 11 is 0. The predicted molar refractivity (Wildman–Crippen MR) is 139 cm³/mol. The summed E-state index contributed by atoms with van der Waals surface area (Å²) in [5.41, 5.74) is 0.594. The lowest BCUT2D eigenvalue weighted by Gasteiger charge is -2.35. The SMILES string of the molecule is C=C(C)C(=O)OCC(C)OC(=O)Nc1cc(NC(=O)OCCN(CC)S(=O)(=O)C(F)(F)C(F)(F)C(F)(F)C(F)(F)F)ccc1C. The fourth-order valence-corrected chi connectivity index (χ4v) is 4.47. The molecule has 0 aromatic heterocycles. The molecule has 0 heterocycles. The molecule has 0 spiro atoms. The summed E-state index contributed by atoms with van der Waals surface area (Å²) in [7, 11) is -6.87. The van der Waals surface area contributed by atoms with Crippen molar-refractivity contribution in [2.45, 2.75) is 57.1 Å². The minimum absolute atomic E-state index is 0.0649. The number of hydrogen-bond donors (Lipinski definition) is 2. The van der Waals surface area contributed by atoms with Gasteiger partial charge in [-0.3, -0.25) is 10.6 Å². The minimum atomic E-state index is -7.43. The highest BCUT2D eigenvalue weighted by molar-refractivity contribution is 7.90. The number of likely N-dealkylation sites (N-methyl/N-ethyl adjacent to an activating group) is 1. The van der Waals surface area contributed by atoms with E-state index in [9.17, 15) is 62.3 Å². The molecule has 45 heavy (non-hydrogen) atoms. The molecule has 21 heteroatoms. The fraction of sp³-hybridized carbons (Fsp3) is 0.542. The normalized spacial score (nSPS) is 13.6. The molecule has 11 nitrogen and oxygen atoms in total. The summed E-state index contributed by atoms with van der Waals surface area (Å²) in [6.45, 7) is 4.64. The molecule has 0 radical (unpaired) electrons. The van der Waals surface area contributed by atoms with Crippen LogP contribution in [-0.2, 0) is 29.0 Å². The number of halogens is 9. The molecule has 1 unspecified atom stereocenters. The van der Waals surface area contributed by atoms with Crippen molar-refractivity contribution in [3.8, 4) is 0 Å². The monoisotopic (exact) mass is 689 g/mol. The number of benzene rings is 1. The van der Waals surface area contributed by atoms with Gasteiger partial charge in [0.05, 0.1) is 0 Å². The van der Waals surface area contributed by atoms with Crippen LogP contribution in [0.2, 0.25) is 0 Å². The van der Waals surface area contributed by atoms with Crippen molar-refractivity contribution >= 4 is 39.6 Å². The van der Waals surface area contributed by atoms with E-state index in [-0.39, 0.29) is 23.6 Å². The topological polar surface area (TPSA) is 140 Å². The van der Waals surface area contributed by atoms with Crippen LogP contribution >= 0.6 is 0 Å². The van der Waals surface area contributed by atoms with Gasteiger partial charge in [0.15, 0.2) is 0 Å². The van der Waals surface area contributed by atoms with E-state index in [1.54, 1.807) is 6.92 Å². The Morgan fingerprint density at radius 1 is 0.956 bits per heavy atom. The number of alkyl halides is 9. The summed E-state index contributed by atoms with van der Waals surface area (Å²) in [6, 6.07) is 3.88. The average molecular weight is 690 g/mol. The van der Waals surface area contributed by atoms with E-state index in [4.69, 9.17) is 9.47 Å². The molecular weight excluding hydrogens is 661 g/mol. The maximum absolute atomic E-state index is 14.1. The van der Waals surface area contributed by atoms with Crippen molar-refractivity contribution in [2.75, 3.05) is 36.9 Å².